The van der Waals surface area contributed by atoms with Crippen LogP contribution in [0.25, 0.3) is 10.9 Å². The summed E-state index contributed by atoms with van der Waals surface area (Å²) in [5, 5.41) is 4.98. The minimum Gasteiger partial charge on any atom is -0.459 e. The average molecular weight is 519 g/mol. The summed E-state index contributed by atoms with van der Waals surface area (Å²) in [6.45, 7) is 5.72. The molecular weight excluding hydrogens is 495 g/mol. The Morgan fingerprint density at radius 2 is 1.77 bits per heavy atom. The van der Waals surface area contributed by atoms with E-state index in [2.05, 4.69) is 14.8 Å². The molecule has 3 rings (SSSR count). The number of nitrogens with one attached hydrogen (secondary N) is 2. The molecule has 0 saturated heterocycles. The number of hydrogen-bond acceptors (Lipinski definition) is 7. The molecule has 2 amide bonds. The Labute approximate surface area is 198 Å². The number of ether oxygens (including phenoxy) is 1. The Bertz CT molecular complexity index is 1290. The predicted molar refractivity (Wildman–Crippen MR) is 119 cm³/mol. The number of alkyl halides is 3. The van der Waals surface area contributed by atoms with Crippen LogP contribution in [0.5, 0.6) is 5.75 Å². The minimum atomic E-state index is -6.10. The monoisotopic (exact) mass is 519 g/mol. The number of nitrogens with zero attached hydrogens (tertiary/aromatic N) is 1. The number of benzene rings is 1. The number of fused-ring (bicyclic) bond motifs is 1. The number of esters is 1. The Kier molecular flexibility index (Phi) is 6.81. The van der Waals surface area contributed by atoms with E-state index in [0.29, 0.717) is 0 Å². The summed E-state index contributed by atoms with van der Waals surface area (Å²) in [6.07, 6.45) is 2.73. The second-order valence-corrected chi connectivity index (χ2v) is 10.6. The first kappa shape index (κ1) is 26.3. The van der Waals surface area contributed by atoms with Gasteiger partial charge in [0.1, 0.15) is 12.1 Å². The maximum absolute atomic E-state index is 13.0. The van der Waals surface area contributed by atoms with Crippen LogP contribution in [0.3, 0.4) is 0 Å². The number of rotatable bonds is 7. The number of carbonyl (C=O) groups is 3. The van der Waals surface area contributed by atoms with Crippen LogP contribution in [0.4, 0.5) is 23.7 Å². The molecule has 1 fully saturated rings. The topological polar surface area (TPSA) is 133 Å². The number of ketones is 1. The molecule has 1 aromatic carbocycles. The van der Waals surface area contributed by atoms with Gasteiger partial charge in [0.2, 0.25) is 0 Å². The molecule has 2 aromatic rings. The van der Waals surface area contributed by atoms with E-state index in [4.69, 9.17) is 4.74 Å². The third-order valence-electron chi connectivity index (χ3n) is 4.72. The number of aromatic nitrogens is 1. The highest BCUT2D eigenvalue weighted by molar-refractivity contribution is 7.88. The van der Waals surface area contributed by atoms with E-state index in [1.54, 1.807) is 20.8 Å². The van der Waals surface area contributed by atoms with E-state index in [1.807, 2.05) is 0 Å². The smallest absolute Gasteiger partial charge is 0.459 e. The summed E-state index contributed by atoms with van der Waals surface area (Å²) in [5.74, 6) is -2.00. The minimum absolute atomic E-state index is 0.0154. The highest BCUT2D eigenvalue weighted by Crippen LogP contribution is 2.37. The van der Waals surface area contributed by atoms with Crippen molar-refractivity contribution in [1.29, 1.82) is 0 Å². The van der Waals surface area contributed by atoms with Crippen molar-refractivity contribution in [1.82, 2.24) is 9.88 Å². The van der Waals surface area contributed by atoms with Crippen LogP contribution in [-0.4, -0.2) is 47.9 Å². The molecular formula is C21H24F3N3O7S. The fraction of sp³-hybridized carbons (Fsp3) is 0.476. The fourth-order valence-corrected chi connectivity index (χ4v) is 3.61. The zero-order chi connectivity index (χ0) is 26.3. The third-order valence-corrected chi connectivity index (χ3v) is 5.69. The lowest BCUT2D eigenvalue weighted by molar-refractivity contribution is -0.155. The number of urea groups is 1. The molecule has 1 saturated carbocycles. The largest absolute Gasteiger partial charge is 0.534 e. The zero-order valence-corrected chi connectivity index (χ0v) is 20.1. The first-order valence-corrected chi connectivity index (χ1v) is 11.9. The van der Waals surface area contributed by atoms with Crippen LogP contribution < -0.4 is 14.8 Å². The molecule has 35 heavy (non-hydrogen) atoms. The standard InChI is InChI=1S/C21H24F3N3O7S/c1-11(28)14-9-27(10-18(29)33-20(2,3)4)16-8-17(34-35(31,32)21(22,23)24)15(7-13(14)16)26-19(30)25-12-5-6-12/h7-9,12H,5-6,10H2,1-4H3,(H2,25,26,30). The normalized spacial score (nSPS) is 14.5. The maximum atomic E-state index is 13.0. The number of hydrogen-bond donors (Lipinski definition) is 2. The van der Waals surface area contributed by atoms with Gasteiger partial charge >= 0.3 is 27.6 Å². The lowest BCUT2D eigenvalue weighted by Gasteiger charge is -2.20. The van der Waals surface area contributed by atoms with Gasteiger partial charge in [-0.3, -0.25) is 9.59 Å². The van der Waals surface area contributed by atoms with E-state index >= 15 is 0 Å². The van der Waals surface area contributed by atoms with Gasteiger partial charge in [-0.2, -0.15) is 21.6 Å². The lowest BCUT2D eigenvalue weighted by Crippen LogP contribution is -2.31. The van der Waals surface area contributed by atoms with Crippen LogP contribution in [0.1, 0.15) is 50.9 Å². The van der Waals surface area contributed by atoms with Gasteiger partial charge < -0.3 is 24.1 Å². The molecule has 0 unspecified atom stereocenters. The van der Waals surface area contributed by atoms with Gasteiger partial charge in [0.15, 0.2) is 11.5 Å². The number of amides is 2. The molecule has 0 bridgehead atoms. The summed E-state index contributed by atoms with van der Waals surface area (Å²) in [6, 6.07) is 1.12. The van der Waals surface area contributed by atoms with E-state index in [0.717, 1.165) is 25.0 Å². The van der Waals surface area contributed by atoms with Gasteiger partial charge in [-0.1, -0.05) is 0 Å². The molecule has 0 spiro atoms. The molecule has 10 nitrogen and oxygen atoms in total. The molecule has 1 aliphatic carbocycles. The van der Waals surface area contributed by atoms with Gasteiger partial charge in [0.05, 0.1) is 11.2 Å². The third kappa shape index (κ3) is 6.44. The second-order valence-electron chi connectivity index (χ2n) is 9.03. The van der Waals surface area contributed by atoms with Crippen molar-refractivity contribution >= 4 is 44.5 Å². The van der Waals surface area contributed by atoms with Crippen molar-refractivity contribution in [2.45, 2.75) is 64.2 Å². The van der Waals surface area contributed by atoms with Crippen LogP contribution in [-0.2, 0) is 26.2 Å². The van der Waals surface area contributed by atoms with Gasteiger partial charge in [0, 0.05) is 29.3 Å². The molecule has 1 heterocycles. The van der Waals surface area contributed by atoms with E-state index in [1.165, 1.54) is 17.7 Å². The molecule has 0 radical (unpaired) electrons. The summed E-state index contributed by atoms with van der Waals surface area (Å²) in [5.41, 5.74) is -6.88. The first-order chi connectivity index (χ1) is 16.0. The molecule has 14 heteroatoms. The van der Waals surface area contributed by atoms with Crippen molar-refractivity contribution in [3.8, 4) is 5.75 Å². The van der Waals surface area contributed by atoms with Crippen molar-refractivity contribution in [3.05, 3.63) is 23.9 Å². The number of carbonyl (C=O) groups excluding carboxylic acids is 3. The Morgan fingerprint density at radius 1 is 1.14 bits per heavy atom. The highest BCUT2D eigenvalue weighted by Gasteiger charge is 2.49. The van der Waals surface area contributed by atoms with Crippen LogP contribution in [0.15, 0.2) is 18.3 Å². The van der Waals surface area contributed by atoms with Gasteiger partial charge in [-0.15, -0.1) is 0 Å². The predicted octanol–water partition coefficient (Wildman–Crippen LogP) is 3.70. The number of anilines is 1. The average Bonchev–Trinajstić information content (AvgIpc) is 3.40. The number of Topliss-reactive ketones (excluding diaryl/α,β-unsaturated/α-hetero) is 1. The van der Waals surface area contributed by atoms with E-state index < -0.39 is 57.0 Å². The molecule has 2 N–H and O–H groups in total. The van der Waals surface area contributed by atoms with Crippen molar-refractivity contribution < 1.29 is 44.9 Å². The molecule has 192 valence electrons. The zero-order valence-electron chi connectivity index (χ0n) is 19.3. The lowest BCUT2D eigenvalue weighted by atomic mass is 10.1. The Morgan fingerprint density at radius 3 is 2.29 bits per heavy atom. The van der Waals surface area contributed by atoms with Crippen LogP contribution in [0.2, 0.25) is 0 Å². The Balaban J connectivity index is 2.12. The van der Waals surface area contributed by atoms with Gasteiger partial charge in [0.25, 0.3) is 0 Å². The molecule has 1 aliphatic rings. The maximum Gasteiger partial charge on any atom is 0.534 e. The summed E-state index contributed by atoms with van der Waals surface area (Å²) < 4.78 is 73.2. The van der Waals surface area contributed by atoms with Crippen molar-refractivity contribution in [3.63, 3.8) is 0 Å². The fourth-order valence-electron chi connectivity index (χ4n) is 3.15. The quantitative estimate of drug-likeness (QED) is 0.247. The van der Waals surface area contributed by atoms with Crippen LogP contribution >= 0.6 is 0 Å². The molecule has 0 atom stereocenters. The number of halogens is 3. The highest BCUT2D eigenvalue weighted by atomic mass is 32.2. The second kappa shape index (κ2) is 9.06. The molecule has 0 aliphatic heterocycles. The van der Waals surface area contributed by atoms with Gasteiger partial charge in [-0.05, 0) is 46.6 Å². The summed E-state index contributed by atoms with van der Waals surface area (Å²) in [7, 11) is -6.10. The van der Waals surface area contributed by atoms with E-state index in [9.17, 15) is 36.0 Å². The summed E-state index contributed by atoms with van der Waals surface area (Å²) >= 11 is 0. The van der Waals surface area contributed by atoms with E-state index in [-0.39, 0.29) is 22.5 Å². The SMILES string of the molecule is CC(=O)c1cn(CC(=O)OC(C)(C)C)c2cc(OS(=O)(=O)C(F)(F)F)c(NC(=O)NC3CC3)cc12. The van der Waals surface area contributed by atoms with Crippen LogP contribution in [0, 0.1) is 0 Å². The Hall–Kier alpha value is -3.29. The van der Waals surface area contributed by atoms with Crippen molar-refractivity contribution in [2.75, 3.05) is 5.32 Å². The van der Waals surface area contributed by atoms with Crippen molar-refractivity contribution in [2.24, 2.45) is 0 Å². The molecule has 1 aromatic heterocycles. The summed E-state index contributed by atoms with van der Waals surface area (Å²) in [4.78, 5) is 36.8. The van der Waals surface area contributed by atoms with Gasteiger partial charge in [-0.25, -0.2) is 4.79 Å². The first-order valence-electron chi connectivity index (χ1n) is 10.4.